The fourth-order valence-electron chi connectivity index (χ4n) is 2.86. The highest BCUT2D eigenvalue weighted by molar-refractivity contribution is 5.77. The summed E-state index contributed by atoms with van der Waals surface area (Å²) in [6.45, 7) is 2.01. The number of carbonyl (C=O) groups is 1. The molecule has 2 atom stereocenters. The highest BCUT2D eigenvalue weighted by Gasteiger charge is 2.47. The molecule has 0 amide bonds. The van der Waals surface area contributed by atoms with Crippen LogP contribution in [0.25, 0.3) is 0 Å². The van der Waals surface area contributed by atoms with E-state index in [-0.39, 0.29) is 12.2 Å². The zero-order chi connectivity index (χ0) is 20.1. The standard InChI is InChI=1S/C20H21F3O4/c1-3-13-27-19(17(24)18(25)26-2,14-7-5-4-6-8-14)15-9-11-16(12-10-15)20(21,22)23/h4-12,17,24H,3,13H2,1-2H3/t17-,19-/m0/s1. The van der Waals surface area contributed by atoms with Crippen LogP contribution < -0.4 is 0 Å². The number of esters is 1. The molecule has 0 unspecified atom stereocenters. The van der Waals surface area contributed by atoms with Crippen molar-refractivity contribution in [2.24, 2.45) is 0 Å². The van der Waals surface area contributed by atoms with Gasteiger partial charge in [-0.25, -0.2) is 4.79 Å². The minimum absolute atomic E-state index is 0.171. The molecule has 2 rings (SSSR count). The van der Waals surface area contributed by atoms with Crippen LogP contribution in [0, 0.1) is 0 Å². The van der Waals surface area contributed by atoms with E-state index in [0.29, 0.717) is 12.0 Å². The molecule has 0 aliphatic heterocycles. The summed E-state index contributed by atoms with van der Waals surface area (Å²) in [4.78, 5) is 12.2. The molecule has 27 heavy (non-hydrogen) atoms. The van der Waals surface area contributed by atoms with E-state index >= 15 is 0 Å². The third kappa shape index (κ3) is 4.31. The van der Waals surface area contributed by atoms with Gasteiger partial charge in [-0.3, -0.25) is 0 Å². The molecule has 0 heterocycles. The first-order valence-corrected chi connectivity index (χ1v) is 8.40. The fourth-order valence-corrected chi connectivity index (χ4v) is 2.86. The molecule has 2 aromatic rings. The molecule has 0 saturated carbocycles. The van der Waals surface area contributed by atoms with Gasteiger partial charge < -0.3 is 14.6 Å². The molecule has 0 aromatic heterocycles. The third-order valence-electron chi connectivity index (χ3n) is 4.19. The number of carbonyl (C=O) groups excluding carboxylic acids is 1. The highest BCUT2D eigenvalue weighted by atomic mass is 19.4. The number of aliphatic hydroxyl groups excluding tert-OH is 1. The van der Waals surface area contributed by atoms with Crippen molar-refractivity contribution in [1.29, 1.82) is 0 Å². The molecule has 4 nitrogen and oxygen atoms in total. The first-order chi connectivity index (χ1) is 12.8. The Kier molecular flexibility index (Phi) is 6.62. The number of aliphatic hydroxyl groups is 1. The van der Waals surface area contributed by atoms with Gasteiger partial charge in [0.25, 0.3) is 0 Å². The van der Waals surface area contributed by atoms with E-state index in [1.165, 1.54) is 12.1 Å². The predicted octanol–water partition coefficient (Wildman–Crippen LogP) is 3.91. The Morgan fingerprint density at radius 1 is 1.00 bits per heavy atom. The Hall–Kier alpha value is -2.38. The van der Waals surface area contributed by atoms with Gasteiger partial charge in [-0.2, -0.15) is 13.2 Å². The van der Waals surface area contributed by atoms with Crippen molar-refractivity contribution >= 4 is 5.97 Å². The van der Waals surface area contributed by atoms with Gasteiger partial charge in [0.1, 0.15) is 0 Å². The molecule has 0 aliphatic carbocycles. The van der Waals surface area contributed by atoms with Crippen LogP contribution in [-0.2, 0) is 26.0 Å². The van der Waals surface area contributed by atoms with Crippen molar-refractivity contribution < 1.29 is 32.5 Å². The van der Waals surface area contributed by atoms with Crippen molar-refractivity contribution in [3.05, 3.63) is 71.3 Å². The number of methoxy groups -OCH3 is 1. The van der Waals surface area contributed by atoms with Gasteiger partial charge in [-0.15, -0.1) is 0 Å². The monoisotopic (exact) mass is 382 g/mol. The topological polar surface area (TPSA) is 55.8 Å². The first-order valence-electron chi connectivity index (χ1n) is 8.40. The third-order valence-corrected chi connectivity index (χ3v) is 4.19. The minimum atomic E-state index is -4.50. The second kappa shape index (κ2) is 8.54. The van der Waals surface area contributed by atoms with Crippen molar-refractivity contribution in [2.75, 3.05) is 13.7 Å². The van der Waals surface area contributed by atoms with Crippen LogP contribution in [0.15, 0.2) is 54.6 Å². The van der Waals surface area contributed by atoms with Crippen LogP contribution in [0.5, 0.6) is 0 Å². The summed E-state index contributed by atoms with van der Waals surface area (Å²) in [5.41, 5.74) is -1.89. The molecule has 0 spiro atoms. The van der Waals surface area contributed by atoms with Gasteiger partial charge >= 0.3 is 12.1 Å². The van der Waals surface area contributed by atoms with E-state index in [1.807, 2.05) is 6.92 Å². The maximum absolute atomic E-state index is 12.9. The lowest BCUT2D eigenvalue weighted by molar-refractivity contribution is -0.170. The van der Waals surface area contributed by atoms with E-state index in [9.17, 15) is 23.1 Å². The van der Waals surface area contributed by atoms with Crippen molar-refractivity contribution in [3.63, 3.8) is 0 Å². The number of rotatable bonds is 7. The number of hydrogen-bond donors (Lipinski definition) is 1. The first kappa shape index (κ1) is 20.9. The number of halogens is 3. The van der Waals surface area contributed by atoms with Gasteiger partial charge in [0.15, 0.2) is 11.7 Å². The number of benzene rings is 2. The minimum Gasteiger partial charge on any atom is -0.467 e. The normalized spacial score (nSPS) is 15.0. The van der Waals surface area contributed by atoms with E-state index in [1.54, 1.807) is 30.3 Å². The quantitative estimate of drug-likeness (QED) is 0.738. The van der Waals surface area contributed by atoms with Gasteiger partial charge in [0.05, 0.1) is 12.7 Å². The molecule has 2 aromatic carbocycles. The van der Waals surface area contributed by atoms with Gasteiger partial charge in [-0.05, 0) is 29.7 Å². The van der Waals surface area contributed by atoms with Crippen molar-refractivity contribution in [1.82, 2.24) is 0 Å². The summed E-state index contributed by atoms with van der Waals surface area (Å²) >= 11 is 0. The van der Waals surface area contributed by atoms with Crippen LogP contribution in [0.2, 0.25) is 0 Å². The van der Waals surface area contributed by atoms with Crippen LogP contribution in [0.3, 0.4) is 0 Å². The summed E-state index contributed by atoms with van der Waals surface area (Å²) in [6.07, 6.45) is -5.70. The molecule has 0 aliphatic rings. The zero-order valence-electron chi connectivity index (χ0n) is 15.0. The maximum Gasteiger partial charge on any atom is 0.416 e. The average Bonchev–Trinajstić information content (AvgIpc) is 2.68. The van der Waals surface area contributed by atoms with Crippen molar-refractivity contribution in [2.45, 2.75) is 31.2 Å². The summed E-state index contributed by atoms with van der Waals surface area (Å²) in [5.74, 6) is -0.949. The van der Waals surface area contributed by atoms with Crippen LogP contribution in [-0.4, -0.2) is 30.9 Å². The Morgan fingerprint density at radius 3 is 2.00 bits per heavy atom. The average molecular weight is 382 g/mol. The molecule has 0 fully saturated rings. The lowest BCUT2D eigenvalue weighted by atomic mass is 9.80. The summed E-state index contributed by atoms with van der Waals surface area (Å²) in [5, 5.41) is 10.8. The molecule has 0 bridgehead atoms. The lowest BCUT2D eigenvalue weighted by Gasteiger charge is -2.37. The van der Waals surface area contributed by atoms with Crippen molar-refractivity contribution in [3.8, 4) is 0 Å². The van der Waals surface area contributed by atoms with E-state index in [0.717, 1.165) is 19.2 Å². The Bertz CT molecular complexity index is 744. The number of ether oxygens (including phenoxy) is 2. The molecule has 1 N–H and O–H groups in total. The maximum atomic E-state index is 12.9. The highest BCUT2D eigenvalue weighted by Crippen LogP contribution is 2.39. The second-order valence-corrected chi connectivity index (χ2v) is 5.95. The van der Waals surface area contributed by atoms with Crippen LogP contribution in [0.4, 0.5) is 13.2 Å². The summed E-state index contributed by atoms with van der Waals surface area (Å²) < 4.78 is 49.4. The summed E-state index contributed by atoms with van der Waals surface area (Å²) in [6, 6.07) is 12.6. The summed E-state index contributed by atoms with van der Waals surface area (Å²) in [7, 11) is 1.12. The molecule has 0 radical (unpaired) electrons. The molecule has 7 heteroatoms. The number of hydrogen-bond acceptors (Lipinski definition) is 4. The lowest BCUT2D eigenvalue weighted by Crippen LogP contribution is -2.48. The van der Waals surface area contributed by atoms with Gasteiger partial charge in [-0.1, -0.05) is 49.4 Å². The second-order valence-electron chi connectivity index (χ2n) is 5.95. The number of alkyl halides is 3. The molecule has 146 valence electrons. The predicted molar refractivity (Wildman–Crippen MR) is 92.9 cm³/mol. The molecular weight excluding hydrogens is 361 g/mol. The van der Waals surface area contributed by atoms with E-state index in [4.69, 9.17) is 4.74 Å². The Morgan fingerprint density at radius 2 is 1.52 bits per heavy atom. The SMILES string of the molecule is CCCO[C@@](c1ccccc1)(c1ccc(C(F)(F)F)cc1)[C@@H](O)C(=O)OC. The van der Waals surface area contributed by atoms with Gasteiger partial charge in [0, 0.05) is 6.61 Å². The van der Waals surface area contributed by atoms with E-state index in [2.05, 4.69) is 4.74 Å². The van der Waals surface area contributed by atoms with Crippen LogP contribution >= 0.6 is 0 Å². The molecular formula is C20H21F3O4. The molecule has 0 saturated heterocycles. The largest absolute Gasteiger partial charge is 0.467 e. The van der Waals surface area contributed by atoms with Crippen LogP contribution in [0.1, 0.15) is 30.0 Å². The van der Waals surface area contributed by atoms with E-state index < -0.39 is 29.4 Å². The van der Waals surface area contributed by atoms with Gasteiger partial charge in [0.2, 0.25) is 0 Å². The fraction of sp³-hybridized carbons (Fsp3) is 0.350. The smallest absolute Gasteiger partial charge is 0.416 e. The Balaban J connectivity index is 2.68. The Labute approximate surface area is 155 Å². The zero-order valence-corrected chi connectivity index (χ0v) is 15.0.